The van der Waals surface area contributed by atoms with Crippen molar-refractivity contribution in [3.8, 4) is 0 Å². The molecule has 0 aliphatic carbocycles. The van der Waals surface area contributed by atoms with Crippen LogP contribution in [0.3, 0.4) is 0 Å². The minimum atomic E-state index is -0.521. The van der Waals surface area contributed by atoms with Gasteiger partial charge in [0.1, 0.15) is 5.82 Å². The van der Waals surface area contributed by atoms with Gasteiger partial charge in [-0.15, -0.1) is 0 Å². The van der Waals surface area contributed by atoms with Gasteiger partial charge in [-0.1, -0.05) is 12.1 Å². The van der Waals surface area contributed by atoms with Gasteiger partial charge < -0.3 is 9.84 Å². The first-order valence-corrected chi connectivity index (χ1v) is 9.13. The first kappa shape index (κ1) is 17.8. The van der Waals surface area contributed by atoms with Gasteiger partial charge in [0.25, 0.3) is 0 Å². The van der Waals surface area contributed by atoms with Crippen LogP contribution in [0.25, 0.3) is 0 Å². The summed E-state index contributed by atoms with van der Waals surface area (Å²) in [6, 6.07) is 7.11. The van der Waals surface area contributed by atoms with Crippen LogP contribution in [0.15, 0.2) is 24.3 Å². The van der Waals surface area contributed by atoms with Crippen LogP contribution in [0.2, 0.25) is 0 Å². The Labute approximate surface area is 144 Å². The van der Waals surface area contributed by atoms with Crippen molar-refractivity contribution in [1.82, 2.24) is 9.80 Å². The van der Waals surface area contributed by atoms with Gasteiger partial charge in [-0.3, -0.25) is 9.80 Å². The zero-order valence-corrected chi connectivity index (χ0v) is 14.5. The van der Waals surface area contributed by atoms with Gasteiger partial charge in [-0.25, -0.2) is 4.39 Å². The van der Waals surface area contributed by atoms with E-state index in [4.69, 9.17) is 4.74 Å². The molecule has 0 bridgehead atoms. The fraction of sp³-hybridized carbons (Fsp3) is 0.684. The summed E-state index contributed by atoms with van der Waals surface area (Å²) >= 11 is 0. The molecule has 3 unspecified atom stereocenters. The zero-order valence-electron chi connectivity index (χ0n) is 14.5. The molecule has 2 aliphatic rings. The maximum atomic E-state index is 13.0. The summed E-state index contributed by atoms with van der Waals surface area (Å²) in [5.41, 5.74) is 0.809. The van der Waals surface area contributed by atoms with Crippen molar-refractivity contribution in [2.45, 2.75) is 44.4 Å². The molecule has 2 saturated heterocycles. The second-order valence-corrected chi connectivity index (χ2v) is 7.10. The second-order valence-electron chi connectivity index (χ2n) is 7.10. The first-order chi connectivity index (χ1) is 11.6. The zero-order chi connectivity index (χ0) is 16.9. The van der Waals surface area contributed by atoms with E-state index in [1.165, 1.54) is 18.6 Å². The Kier molecular flexibility index (Phi) is 6.22. The van der Waals surface area contributed by atoms with Crippen LogP contribution in [0.1, 0.15) is 37.9 Å². The van der Waals surface area contributed by atoms with Crippen molar-refractivity contribution < 1.29 is 14.2 Å². The average Bonchev–Trinajstić information content (AvgIpc) is 3.04. The molecule has 0 aromatic heterocycles. The van der Waals surface area contributed by atoms with Crippen LogP contribution in [0.4, 0.5) is 4.39 Å². The number of hydrogen-bond donors (Lipinski definition) is 1. The monoisotopic (exact) mass is 336 g/mol. The number of hydrogen-bond acceptors (Lipinski definition) is 4. The van der Waals surface area contributed by atoms with Crippen LogP contribution in [-0.2, 0) is 4.74 Å². The topological polar surface area (TPSA) is 35.9 Å². The lowest BCUT2D eigenvalue weighted by Gasteiger charge is -2.36. The van der Waals surface area contributed by atoms with E-state index in [9.17, 15) is 9.50 Å². The third kappa shape index (κ3) is 4.54. The Morgan fingerprint density at radius 3 is 2.62 bits per heavy atom. The average molecular weight is 336 g/mol. The molecule has 1 N–H and O–H groups in total. The van der Waals surface area contributed by atoms with Crippen LogP contribution in [-0.4, -0.2) is 66.4 Å². The Morgan fingerprint density at radius 1 is 1.21 bits per heavy atom. The van der Waals surface area contributed by atoms with Gasteiger partial charge in [0.2, 0.25) is 0 Å². The van der Waals surface area contributed by atoms with Crippen molar-refractivity contribution in [3.63, 3.8) is 0 Å². The Balaban J connectivity index is 1.55. The number of aliphatic hydroxyl groups is 1. The van der Waals surface area contributed by atoms with E-state index in [0.29, 0.717) is 12.1 Å². The smallest absolute Gasteiger partial charge is 0.123 e. The highest BCUT2D eigenvalue weighted by Crippen LogP contribution is 2.29. The lowest BCUT2D eigenvalue weighted by Crippen LogP contribution is -2.47. The largest absolute Gasteiger partial charge is 0.388 e. The van der Waals surface area contributed by atoms with E-state index in [1.807, 2.05) is 0 Å². The molecule has 0 amide bonds. The summed E-state index contributed by atoms with van der Waals surface area (Å²) in [6.07, 6.45) is 2.52. The molecule has 0 spiro atoms. The predicted molar refractivity (Wildman–Crippen MR) is 92.4 cm³/mol. The number of aliphatic hydroxyl groups excluding tert-OH is 1. The molecule has 0 saturated carbocycles. The molecule has 2 heterocycles. The number of halogens is 1. The number of likely N-dealkylation sites (tertiary alicyclic amines) is 1. The van der Waals surface area contributed by atoms with Crippen molar-refractivity contribution >= 4 is 0 Å². The molecule has 2 fully saturated rings. The van der Waals surface area contributed by atoms with Gasteiger partial charge in [0.15, 0.2) is 0 Å². The number of morpholine rings is 1. The third-order valence-electron chi connectivity index (χ3n) is 5.37. The second kappa shape index (κ2) is 8.39. The fourth-order valence-corrected chi connectivity index (χ4v) is 4.03. The number of ether oxygens (including phenoxy) is 1. The van der Waals surface area contributed by atoms with Crippen molar-refractivity contribution in [3.05, 3.63) is 35.6 Å². The lowest BCUT2D eigenvalue weighted by atomic mass is 10.00. The van der Waals surface area contributed by atoms with Crippen molar-refractivity contribution in [2.75, 3.05) is 39.4 Å². The maximum absolute atomic E-state index is 13.0. The van der Waals surface area contributed by atoms with E-state index in [2.05, 4.69) is 16.7 Å². The van der Waals surface area contributed by atoms with Crippen LogP contribution in [0, 0.1) is 5.82 Å². The summed E-state index contributed by atoms with van der Waals surface area (Å²) in [5, 5.41) is 10.5. The third-order valence-corrected chi connectivity index (χ3v) is 5.37. The Morgan fingerprint density at radius 2 is 1.92 bits per heavy atom. The van der Waals surface area contributed by atoms with Crippen LogP contribution < -0.4 is 0 Å². The lowest BCUT2D eigenvalue weighted by molar-refractivity contribution is 0.0199. The van der Waals surface area contributed by atoms with Crippen LogP contribution >= 0.6 is 0 Å². The van der Waals surface area contributed by atoms with Gasteiger partial charge in [0, 0.05) is 31.7 Å². The quantitative estimate of drug-likeness (QED) is 0.866. The molecule has 4 nitrogen and oxygen atoms in total. The van der Waals surface area contributed by atoms with Crippen LogP contribution in [0.5, 0.6) is 0 Å². The molecule has 3 atom stereocenters. The van der Waals surface area contributed by atoms with E-state index in [1.54, 1.807) is 12.1 Å². The molecular weight excluding hydrogens is 307 g/mol. The summed E-state index contributed by atoms with van der Waals surface area (Å²) < 4.78 is 18.5. The molecule has 0 radical (unpaired) electrons. The van der Waals surface area contributed by atoms with E-state index in [0.717, 1.165) is 57.8 Å². The molecule has 1 aromatic rings. The Bertz CT molecular complexity index is 505. The molecule has 3 rings (SSSR count). The summed E-state index contributed by atoms with van der Waals surface area (Å²) in [6.45, 7) is 8.15. The number of benzene rings is 1. The number of nitrogens with zero attached hydrogens (tertiary/aromatic N) is 2. The number of rotatable bonds is 6. The van der Waals surface area contributed by atoms with E-state index >= 15 is 0 Å². The normalized spacial score (nSPS) is 25.7. The minimum absolute atomic E-state index is 0.257. The van der Waals surface area contributed by atoms with Gasteiger partial charge >= 0.3 is 0 Å². The molecule has 2 aliphatic heterocycles. The highest BCUT2D eigenvalue weighted by Gasteiger charge is 2.31. The maximum Gasteiger partial charge on any atom is 0.123 e. The summed E-state index contributed by atoms with van der Waals surface area (Å²) in [4.78, 5) is 5.02. The molecule has 134 valence electrons. The van der Waals surface area contributed by atoms with E-state index < -0.39 is 6.10 Å². The molecule has 5 heteroatoms. The summed E-state index contributed by atoms with van der Waals surface area (Å²) in [5.74, 6) is -0.257. The predicted octanol–water partition coefficient (Wildman–Crippen LogP) is 2.43. The standard InChI is InChI=1S/C19H29FN2O2/c1-15(14-21-9-11-24-12-10-21)22-8-2-3-18(22)13-19(23)16-4-6-17(20)7-5-16/h4-7,15,18-19,23H,2-3,8-14H2,1H3. The first-order valence-electron chi connectivity index (χ1n) is 9.13. The highest BCUT2D eigenvalue weighted by atomic mass is 19.1. The fourth-order valence-electron chi connectivity index (χ4n) is 4.03. The summed E-state index contributed by atoms with van der Waals surface area (Å²) in [7, 11) is 0. The molecular formula is C19H29FN2O2. The van der Waals surface area contributed by atoms with Gasteiger partial charge in [-0.05, 0) is 50.4 Å². The highest BCUT2D eigenvalue weighted by molar-refractivity contribution is 5.18. The SMILES string of the molecule is CC(CN1CCOCC1)N1CCCC1CC(O)c1ccc(F)cc1. The van der Waals surface area contributed by atoms with E-state index in [-0.39, 0.29) is 5.82 Å². The Hall–Kier alpha value is -1.01. The molecule has 1 aromatic carbocycles. The van der Waals surface area contributed by atoms with Gasteiger partial charge in [0.05, 0.1) is 19.3 Å². The van der Waals surface area contributed by atoms with Crippen molar-refractivity contribution in [1.29, 1.82) is 0 Å². The minimum Gasteiger partial charge on any atom is -0.388 e. The molecule has 24 heavy (non-hydrogen) atoms. The van der Waals surface area contributed by atoms with Gasteiger partial charge in [-0.2, -0.15) is 0 Å². The van der Waals surface area contributed by atoms with Crippen molar-refractivity contribution in [2.24, 2.45) is 0 Å².